The van der Waals surface area contributed by atoms with Crippen molar-refractivity contribution in [3.63, 3.8) is 0 Å². The molecule has 1 aromatic carbocycles. The average molecular weight is 367 g/mol. The number of benzene rings is 1. The number of carbonyl (C=O) groups excluding carboxylic acids is 1. The highest BCUT2D eigenvalue weighted by Gasteiger charge is 2.21. The summed E-state index contributed by atoms with van der Waals surface area (Å²) in [6, 6.07) is 8.94. The van der Waals surface area contributed by atoms with Gasteiger partial charge in [0.25, 0.3) is 5.91 Å². The van der Waals surface area contributed by atoms with E-state index in [1.54, 1.807) is 18.2 Å². The summed E-state index contributed by atoms with van der Waals surface area (Å²) in [5.74, 6) is -3.25. The number of nitriles is 3. The highest BCUT2D eigenvalue weighted by molar-refractivity contribution is 5.97. The number of rotatable bonds is 8. The minimum atomic E-state index is -1.35. The van der Waals surface area contributed by atoms with E-state index in [4.69, 9.17) is 26.0 Å². The van der Waals surface area contributed by atoms with Gasteiger partial charge in [0.2, 0.25) is 0 Å². The SMILES string of the molecule is N#CC(C#N)=C(C#N)Nc1ccc(C(=O)NC(CCC(=O)O)C(=O)O)cc1. The van der Waals surface area contributed by atoms with E-state index in [9.17, 15) is 14.4 Å². The summed E-state index contributed by atoms with van der Waals surface area (Å²) in [7, 11) is 0. The van der Waals surface area contributed by atoms with Gasteiger partial charge in [0, 0.05) is 17.7 Å². The maximum Gasteiger partial charge on any atom is 0.326 e. The maximum absolute atomic E-state index is 12.1. The molecule has 0 spiro atoms. The second-order valence-corrected chi connectivity index (χ2v) is 5.08. The molecule has 27 heavy (non-hydrogen) atoms. The first kappa shape index (κ1) is 20.7. The number of hydrogen-bond donors (Lipinski definition) is 4. The highest BCUT2D eigenvalue weighted by Crippen LogP contribution is 2.14. The molecule has 4 N–H and O–H groups in total. The van der Waals surface area contributed by atoms with Crippen LogP contribution < -0.4 is 10.6 Å². The van der Waals surface area contributed by atoms with Crippen molar-refractivity contribution < 1.29 is 24.6 Å². The highest BCUT2D eigenvalue weighted by atomic mass is 16.4. The third-order valence-corrected chi connectivity index (χ3v) is 3.25. The molecule has 0 saturated carbocycles. The number of aliphatic carboxylic acids is 2. The van der Waals surface area contributed by atoms with E-state index in [0.29, 0.717) is 5.69 Å². The first-order valence-electron chi connectivity index (χ1n) is 7.39. The van der Waals surface area contributed by atoms with E-state index in [0.717, 1.165) is 0 Å². The quantitative estimate of drug-likeness (QED) is 0.485. The Morgan fingerprint density at radius 3 is 2.04 bits per heavy atom. The number of hydrogen-bond acceptors (Lipinski definition) is 7. The molecule has 0 saturated heterocycles. The lowest BCUT2D eigenvalue weighted by Crippen LogP contribution is -2.41. The van der Waals surface area contributed by atoms with E-state index in [-0.39, 0.29) is 17.7 Å². The molecule has 0 bridgehead atoms. The fourth-order valence-corrected chi connectivity index (χ4v) is 1.90. The molecular weight excluding hydrogens is 354 g/mol. The summed E-state index contributed by atoms with van der Waals surface area (Å²) in [6.07, 6.45) is -0.680. The summed E-state index contributed by atoms with van der Waals surface area (Å²) in [5, 5.41) is 49.0. The second-order valence-electron chi connectivity index (χ2n) is 5.08. The molecule has 1 aromatic rings. The number of allylic oxidation sites excluding steroid dienone is 2. The van der Waals surface area contributed by atoms with Crippen LogP contribution in [-0.2, 0) is 9.59 Å². The van der Waals surface area contributed by atoms with Gasteiger partial charge in [-0.05, 0) is 30.7 Å². The Labute approximate surface area is 153 Å². The van der Waals surface area contributed by atoms with Gasteiger partial charge in [0.15, 0.2) is 5.57 Å². The van der Waals surface area contributed by atoms with Gasteiger partial charge in [-0.25, -0.2) is 4.79 Å². The summed E-state index contributed by atoms with van der Waals surface area (Å²) in [6.45, 7) is 0. The number of carboxylic acid groups (broad SMARTS) is 2. The zero-order valence-electron chi connectivity index (χ0n) is 13.8. The molecule has 1 amide bonds. The Morgan fingerprint density at radius 1 is 1.00 bits per heavy atom. The van der Waals surface area contributed by atoms with Crippen molar-refractivity contribution in [2.45, 2.75) is 18.9 Å². The van der Waals surface area contributed by atoms with Crippen LogP contribution in [0.25, 0.3) is 0 Å². The molecule has 0 aliphatic heterocycles. The summed E-state index contributed by atoms with van der Waals surface area (Å²) < 4.78 is 0. The third-order valence-electron chi connectivity index (χ3n) is 3.25. The van der Waals surface area contributed by atoms with Crippen LogP contribution in [0.4, 0.5) is 5.69 Å². The van der Waals surface area contributed by atoms with Crippen molar-refractivity contribution in [2.75, 3.05) is 5.32 Å². The minimum absolute atomic E-state index is 0.102. The van der Waals surface area contributed by atoms with Crippen LogP contribution in [0.1, 0.15) is 23.2 Å². The fourth-order valence-electron chi connectivity index (χ4n) is 1.90. The van der Waals surface area contributed by atoms with E-state index < -0.39 is 35.9 Å². The molecule has 0 fully saturated rings. The van der Waals surface area contributed by atoms with E-state index in [2.05, 4.69) is 10.6 Å². The predicted octanol–water partition coefficient (Wildman–Crippen LogP) is 0.971. The topological polar surface area (TPSA) is 187 Å². The van der Waals surface area contributed by atoms with Crippen LogP contribution in [0.2, 0.25) is 0 Å². The largest absolute Gasteiger partial charge is 0.481 e. The van der Waals surface area contributed by atoms with Gasteiger partial charge in [-0.15, -0.1) is 0 Å². The monoisotopic (exact) mass is 367 g/mol. The molecule has 0 aromatic heterocycles. The van der Waals surface area contributed by atoms with Crippen molar-refractivity contribution in [3.8, 4) is 18.2 Å². The number of anilines is 1. The second kappa shape index (κ2) is 9.82. The van der Waals surface area contributed by atoms with E-state index in [1.807, 2.05) is 0 Å². The molecule has 10 heteroatoms. The summed E-state index contributed by atoms with van der Waals surface area (Å²) in [5.41, 5.74) is -0.226. The molecule has 10 nitrogen and oxygen atoms in total. The zero-order valence-corrected chi connectivity index (χ0v) is 13.8. The Bertz CT molecular complexity index is 884. The fraction of sp³-hybridized carbons (Fsp3) is 0.176. The average Bonchev–Trinajstić information content (AvgIpc) is 2.65. The van der Waals surface area contributed by atoms with Crippen LogP contribution in [0.15, 0.2) is 35.5 Å². The van der Waals surface area contributed by atoms with Crippen molar-refractivity contribution >= 4 is 23.5 Å². The molecule has 1 rings (SSSR count). The van der Waals surface area contributed by atoms with Crippen molar-refractivity contribution in [2.24, 2.45) is 0 Å². The van der Waals surface area contributed by atoms with Gasteiger partial charge in [-0.2, -0.15) is 15.8 Å². The number of carbonyl (C=O) groups is 3. The first-order chi connectivity index (χ1) is 12.8. The number of amides is 1. The van der Waals surface area contributed by atoms with Crippen molar-refractivity contribution in [3.05, 3.63) is 41.1 Å². The molecule has 0 aliphatic carbocycles. The van der Waals surface area contributed by atoms with Gasteiger partial charge in [0.05, 0.1) is 0 Å². The van der Waals surface area contributed by atoms with Gasteiger partial charge in [-0.1, -0.05) is 0 Å². The van der Waals surface area contributed by atoms with Crippen LogP contribution in [0.3, 0.4) is 0 Å². The zero-order chi connectivity index (χ0) is 20.4. The van der Waals surface area contributed by atoms with E-state index in [1.165, 1.54) is 24.3 Å². The van der Waals surface area contributed by atoms with Gasteiger partial charge in [0.1, 0.15) is 29.9 Å². The van der Waals surface area contributed by atoms with E-state index >= 15 is 0 Å². The van der Waals surface area contributed by atoms with Crippen molar-refractivity contribution in [1.29, 1.82) is 15.8 Å². The first-order valence-corrected chi connectivity index (χ1v) is 7.39. The van der Waals surface area contributed by atoms with Gasteiger partial charge in [-0.3, -0.25) is 9.59 Å². The Hall–Kier alpha value is -4.36. The number of carboxylic acids is 2. The van der Waals surface area contributed by atoms with Gasteiger partial charge >= 0.3 is 11.9 Å². The van der Waals surface area contributed by atoms with Crippen molar-refractivity contribution in [1.82, 2.24) is 5.32 Å². The standard InChI is InChI=1S/C17H13N5O5/c18-7-11(8-19)14(9-20)21-12-3-1-10(2-4-12)16(25)22-13(17(26)27)5-6-15(23)24/h1-4,13,21H,5-6H2,(H,22,25)(H,23,24)(H,26,27). The summed E-state index contributed by atoms with van der Waals surface area (Å²) >= 11 is 0. The molecule has 1 unspecified atom stereocenters. The maximum atomic E-state index is 12.1. The Kier molecular flexibility index (Phi) is 7.52. The lowest BCUT2D eigenvalue weighted by atomic mass is 10.1. The minimum Gasteiger partial charge on any atom is -0.481 e. The smallest absolute Gasteiger partial charge is 0.326 e. The normalized spacial score (nSPS) is 10.3. The van der Waals surface area contributed by atoms with Crippen LogP contribution >= 0.6 is 0 Å². The van der Waals surface area contributed by atoms with Crippen LogP contribution in [0.5, 0.6) is 0 Å². The Morgan fingerprint density at radius 2 is 1.59 bits per heavy atom. The molecule has 0 heterocycles. The van der Waals surface area contributed by atoms with Crippen LogP contribution in [-0.4, -0.2) is 34.1 Å². The molecular formula is C17H13N5O5. The third kappa shape index (κ3) is 6.22. The molecule has 136 valence electrons. The van der Waals surface area contributed by atoms with Crippen LogP contribution in [0, 0.1) is 34.0 Å². The Balaban J connectivity index is 2.88. The van der Waals surface area contributed by atoms with Gasteiger partial charge < -0.3 is 20.8 Å². The molecule has 1 atom stereocenters. The summed E-state index contributed by atoms with van der Waals surface area (Å²) in [4.78, 5) is 33.8. The molecule has 0 radical (unpaired) electrons. The molecule has 0 aliphatic rings. The lowest BCUT2D eigenvalue weighted by molar-refractivity contribution is -0.140. The number of nitrogens with zero attached hydrogens (tertiary/aromatic N) is 3. The lowest BCUT2D eigenvalue weighted by Gasteiger charge is -2.14. The predicted molar refractivity (Wildman–Crippen MR) is 89.7 cm³/mol. The number of nitrogens with one attached hydrogen (secondary N) is 2.